The summed E-state index contributed by atoms with van der Waals surface area (Å²) >= 11 is 0. The highest BCUT2D eigenvalue weighted by molar-refractivity contribution is 5.90. The zero-order chi connectivity index (χ0) is 13.0. The van der Waals surface area contributed by atoms with Gasteiger partial charge in [0.15, 0.2) is 0 Å². The standard InChI is InChI=1S/C13H13N3O2/c1-2-18-13(17)10-5-9(6-15-7-10)12-4-3-11(14)8-16-12/h3-8H,2,14H2,1H3. The molecule has 0 unspecified atom stereocenters. The lowest BCUT2D eigenvalue weighted by atomic mass is 10.1. The Balaban J connectivity index is 2.32. The van der Waals surface area contributed by atoms with E-state index >= 15 is 0 Å². The quantitative estimate of drug-likeness (QED) is 0.833. The fourth-order valence-electron chi connectivity index (χ4n) is 1.48. The van der Waals surface area contributed by atoms with Gasteiger partial charge in [-0.15, -0.1) is 0 Å². The minimum Gasteiger partial charge on any atom is -0.462 e. The Kier molecular flexibility index (Phi) is 3.52. The summed E-state index contributed by atoms with van der Waals surface area (Å²) in [5.41, 5.74) is 8.03. The fourth-order valence-corrected chi connectivity index (χ4v) is 1.48. The van der Waals surface area contributed by atoms with Crippen LogP contribution >= 0.6 is 0 Å². The molecule has 0 amide bonds. The van der Waals surface area contributed by atoms with E-state index in [9.17, 15) is 4.79 Å². The van der Waals surface area contributed by atoms with Crippen molar-refractivity contribution in [1.82, 2.24) is 9.97 Å². The maximum absolute atomic E-state index is 11.6. The number of rotatable bonds is 3. The molecule has 0 aliphatic rings. The van der Waals surface area contributed by atoms with Crippen LogP contribution in [0.5, 0.6) is 0 Å². The first-order valence-electron chi connectivity index (χ1n) is 5.54. The van der Waals surface area contributed by atoms with E-state index in [-0.39, 0.29) is 5.97 Å². The zero-order valence-electron chi connectivity index (χ0n) is 9.96. The molecule has 2 rings (SSSR count). The van der Waals surface area contributed by atoms with Gasteiger partial charge in [-0.2, -0.15) is 0 Å². The Morgan fingerprint density at radius 3 is 2.83 bits per heavy atom. The maximum Gasteiger partial charge on any atom is 0.339 e. The first-order chi connectivity index (χ1) is 8.70. The van der Waals surface area contributed by atoms with Crippen LogP contribution in [0.25, 0.3) is 11.3 Å². The van der Waals surface area contributed by atoms with Gasteiger partial charge in [0.25, 0.3) is 0 Å². The summed E-state index contributed by atoms with van der Waals surface area (Å²) in [4.78, 5) is 19.8. The average Bonchev–Trinajstić information content (AvgIpc) is 2.40. The molecule has 0 aromatic carbocycles. The van der Waals surface area contributed by atoms with E-state index in [1.165, 1.54) is 6.20 Å². The van der Waals surface area contributed by atoms with Crippen LogP contribution in [-0.2, 0) is 4.74 Å². The predicted octanol–water partition coefficient (Wildman–Crippen LogP) is 1.90. The number of hydrogen-bond donors (Lipinski definition) is 1. The Morgan fingerprint density at radius 1 is 1.33 bits per heavy atom. The van der Waals surface area contributed by atoms with Crippen molar-refractivity contribution in [1.29, 1.82) is 0 Å². The number of carbonyl (C=O) groups is 1. The van der Waals surface area contributed by atoms with Crippen molar-refractivity contribution in [3.05, 3.63) is 42.4 Å². The van der Waals surface area contributed by atoms with Crippen molar-refractivity contribution in [3.8, 4) is 11.3 Å². The summed E-state index contributed by atoms with van der Waals surface area (Å²) in [7, 11) is 0. The molecule has 2 aromatic rings. The molecular formula is C13H13N3O2. The summed E-state index contributed by atoms with van der Waals surface area (Å²) in [5, 5.41) is 0. The van der Waals surface area contributed by atoms with Gasteiger partial charge < -0.3 is 10.5 Å². The summed E-state index contributed by atoms with van der Waals surface area (Å²) in [6, 6.07) is 5.23. The van der Waals surface area contributed by atoms with Gasteiger partial charge in [0, 0.05) is 18.0 Å². The molecule has 5 nitrogen and oxygen atoms in total. The normalized spacial score (nSPS) is 10.1. The number of nitrogen functional groups attached to an aromatic ring is 1. The van der Waals surface area contributed by atoms with E-state index in [4.69, 9.17) is 10.5 Å². The van der Waals surface area contributed by atoms with E-state index in [0.717, 1.165) is 5.56 Å². The summed E-state index contributed by atoms with van der Waals surface area (Å²) in [6.07, 6.45) is 4.67. The molecule has 2 aromatic heterocycles. The van der Waals surface area contributed by atoms with Gasteiger partial charge in [-0.3, -0.25) is 9.97 Å². The van der Waals surface area contributed by atoms with Gasteiger partial charge in [-0.25, -0.2) is 4.79 Å². The second kappa shape index (κ2) is 5.27. The van der Waals surface area contributed by atoms with Crippen LogP contribution in [0.4, 0.5) is 5.69 Å². The van der Waals surface area contributed by atoms with Gasteiger partial charge in [0.1, 0.15) is 0 Å². The molecule has 2 N–H and O–H groups in total. The Hall–Kier alpha value is -2.43. The molecule has 0 fully saturated rings. The molecule has 2 heterocycles. The number of esters is 1. The van der Waals surface area contributed by atoms with Gasteiger partial charge >= 0.3 is 5.97 Å². The monoisotopic (exact) mass is 243 g/mol. The molecule has 0 aliphatic carbocycles. The number of pyridine rings is 2. The molecule has 0 spiro atoms. The maximum atomic E-state index is 11.6. The number of hydrogen-bond acceptors (Lipinski definition) is 5. The summed E-state index contributed by atoms with van der Waals surface area (Å²) < 4.78 is 4.92. The largest absolute Gasteiger partial charge is 0.462 e. The fraction of sp³-hybridized carbons (Fsp3) is 0.154. The molecule has 0 bridgehead atoms. The van der Waals surface area contributed by atoms with Crippen LogP contribution in [-0.4, -0.2) is 22.5 Å². The van der Waals surface area contributed by atoms with Crippen LogP contribution < -0.4 is 5.73 Å². The van der Waals surface area contributed by atoms with Crippen molar-refractivity contribution in [2.45, 2.75) is 6.92 Å². The molecule has 5 heteroatoms. The average molecular weight is 243 g/mol. The van der Waals surface area contributed by atoms with E-state index < -0.39 is 0 Å². The van der Waals surface area contributed by atoms with E-state index in [0.29, 0.717) is 23.6 Å². The number of aromatic nitrogens is 2. The van der Waals surface area contributed by atoms with E-state index in [1.807, 2.05) is 0 Å². The van der Waals surface area contributed by atoms with Crippen molar-refractivity contribution in [2.24, 2.45) is 0 Å². The lowest BCUT2D eigenvalue weighted by Crippen LogP contribution is -2.05. The van der Waals surface area contributed by atoms with Crippen LogP contribution in [0, 0.1) is 0 Å². The van der Waals surface area contributed by atoms with Gasteiger partial charge in [-0.05, 0) is 25.1 Å². The third-order valence-electron chi connectivity index (χ3n) is 2.33. The third kappa shape index (κ3) is 2.63. The van der Waals surface area contributed by atoms with Crippen LogP contribution in [0.2, 0.25) is 0 Å². The molecule has 0 atom stereocenters. The predicted molar refractivity (Wildman–Crippen MR) is 67.8 cm³/mol. The number of carbonyl (C=O) groups excluding carboxylic acids is 1. The molecule has 0 saturated heterocycles. The second-order valence-corrected chi connectivity index (χ2v) is 3.66. The topological polar surface area (TPSA) is 78.1 Å². The van der Waals surface area contributed by atoms with Crippen molar-refractivity contribution < 1.29 is 9.53 Å². The van der Waals surface area contributed by atoms with E-state index in [1.54, 1.807) is 37.5 Å². The molecule has 0 radical (unpaired) electrons. The number of nitrogens with zero attached hydrogens (tertiary/aromatic N) is 2. The van der Waals surface area contributed by atoms with Crippen molar-refractivity contribution in [2.75, 3.05) is 12.3 Å². The molecule has 92 valence electrons. The highest BCUT2D eigenvalue weighted by Crippen LogP contribution is 2.18. The zero-order valence-corrected chi connectivity index (χ0v) is 9.96. The third-order valence-corrected chi connectivity index (χ3v) is 2.33. The number of ether oxygens (including phenoxy) is 1. The lowest BCUT2D eigenvalue weighted by Gasteiger charge is -2.04. The second-order valence-electron chi connectivity index (χ2n) is 3.66. The molecule has 18 heavy (non-hydrogen) atoms. The minimum absolute atomic E-state index is 0.336. The first-order valence-corrected chi connectivity index (χ1v) is 5.54. The lowest BCUT2D eigenvalue weighted by molar-refractivity contribution is 0.0526. The number of nitrogens with two attached hydrogens (primary N) is 1. The van der Waals surface area contributed by atoms with Crippen molar-refractivity contribution in [3.63, 3.8) is 0 Å². The SMILES string of the molecule is CCOC(=O)c1cncc(-c2ccc(N)cn2)c1. The summed E-state index contributed by atoms with van der Waals surface area (Å²) in [5.74, 6) is -0.387. The minimum atomic E-state index is -0.387. The first kappa shape index (κ1) is 12.0. The highest BCUT2D eigenvalue weighted by Gasteiger charge is 2.09. The molecular weight excluding hydrogens is 230 g/mol. The molecule has 0 saturated carbocycles. The van der Waals surface area contributed by atoms with E-state index in [2.05, 4.69) is 9.97 Å². The van der Waals surface area contributed by atoms with Crippen molar-refractivity contribution >= 4 is 11.7 Å². The van der Waals surface area contributed by atoms with Crippen LogP contribution in [0.3, 0.4) is 0 Å². The summed E-state index contributed by atoms with van der Waals surface area (Å²) in [6.45, 7) is 2.10. The Morgan fingerprint density at radius 2 is 2.17 bits per heavy atom. The van der Waals surface area contributed by atoms with Crippen LogP contribution in [0.15, 0.2) is 36.8 Å². The van der Waals surface area contributed by atoms with Crippen LogP contribution in [0.1, 0.15) is 17.3 Å². The molecule has 0 aliphatic heterocycles. The Labute approximate surface area is 105 Å². The Bertz CT molecular complexity index is 552. The van der Waals surface area contributed by atoms with Gasteiger partial charge in [-0.1, -0.05) is 0 Å². The highest BCUT2D eigenvalue weighted by atomic mass is 16.5. The van der Waals surface area contributed by atoms with Gasteiger partial charge in [0.05, 0.1) is 29.7 Å². The number of anilines is 1. The smallest absolute Gasteiger partial charge is 0.339 e. The van der Waals surface area contributed by atoms with Gasteiger partial charge in [0.2, 0.25) is 0 Å².